The van der Waals surface area contributed by atoms with Gasteiger partial charge in [0.2, 0.25) is 0 Å². The number of carboxylic acids is 1. The largest absolute Gasteiger partial charge is 0.497 e. The lowest BCUT2D eigenvalue weighted by atomic mass is 10.1. The molecule has 0 saturated heterocycles. The third kappa shape index (κ3) is 2.47. The molecule has 0 radical (unpaired) electrons. The van der Waals surface area contributed by atoms with E-state index in [1.54, 1.807) is 38.4 Å². The van der Waals surface area contributed by atoms with Gasteiger partial charge in [0.15, 0.2) is 5.69 Å². The molecule has 98 valence electrons. The summed E-state index contributed by atoms with van der Waals surface area (Å²) in [5.74, 6) is -0.547. The van der Waals surface area contributed by atoms with Crippen molar-refractivity contribution in [1.29, 1.82) is 0 Å². The van der Waals surface area contributed by atoms with Gasteiger partial charge in [-0.25, -0.2) is 9.59 Å². The number of rotatable bonds is 3. The van der Waals surface area contributed by atoms with Crippen LogP contribution in [0.4, 0.5) is 0 Å². The maximum atomic E-state index is 11.6. The van der Waals surface area contributed by atoms with Gasteiger partial charge in [-0.1, -0.05) is 0 Å². The summed E-state index contributed by atoms with van der Waals surface area (Å²) >= 11 is 0. The van der Waals surface area contributed by atoms with Gasteiger partial charge in [-0.15, -0.1) is 0 Å². The zero-order valence-corrected chi connectivity index (χ0v) is 10.5. The summed E-state index contributed by atoms with van der Waals surface area (Å²) in [7, 11) is 3.10. The molecule has 0 aliphatic heterocycles. The van der Waals surface area contributed by atoms with Crippen molar-refractivity contribution in [3.8, 4) is 17.0 Å². The van der Waals surface area contributed by atoms with Crippen molar-refractivity contribution in [1.82, 2.24) is 9.55 Å². The van der Waals surface area contributed by atoms with E-state index in [2.05, 4.69) is 4.98 Å². The Kier molecular flexibility index (Phi) is 3.33. The molecule has 0 saturated carbocycles. The first-order valence-electron chi connectivity index (χ1n) is 5.48. The number of ether oxygens (including phenoxy) is 1. The fourth-order valence-corrected chi connectivity index (χ4v) is 1.69. The molecule has 19 heavy (non-hydrogen) atoms. The third-order valence-corrected chi connectivity index (χ3v) is 2.74. The standard InChI is InChI=1S/C13H12N2O4/c1-15-11(7-10(12(16)17)14-13(15)18)8-3-5-9(19-2)6-4-8/h3-7H,1-2H3,(H,16,17). The number of aromatic carboxylic acids is 1. The van der Waals surface area contributed by atoms with Crippen molar-refractivity contribution in [2.45, 2.75) is 0 Å². The second-order valence-electron chi connectivity index (χ2n) is 3.90. The van der Waals surface area contributed by atoms with Crippen molar-refractivity contribution in [3.05, 3.63) is 46.5 Å². The highest BCUT2D eigenvalue weighted by Crippen LogP contribution is 2.21. The Morgan fingerprint density at radius 3 is 2.47 bits per heavy atom. The molecule has 6 heteroatoms. The van der Waals surface area contributed by atoms with E-state index in [1.165, 1.54) is 10.6 Å². The molecule has 2 aromatic rings. The molecule has 2 rings (SSSR count). The summed E-state index contributed by atoms with van der Waals surface area (Å²) in [6.45, 7) is 0. The average Bonchev–Trinajstić information content (AvgIpc) is 2.41. The van der Waals surface area contributed by atoms with Gasteiger partial charge in [0, 0.05) is 7.05 Å². The fraction of sp³-hybridized carbons (Fsp3) is 0.154. The highest BCUT2D eigenvalue weighted by Gasteiger charge is 2.12. The van der Waals surface area contributed by atoms with Crippen LogP contribution in [0.1, 0.15) is 10.5 Å². The zero-order valence-electron chi connectivity index (χ0n) is 10.5. The van der Waals surface area contributed by atoms with Gasteiger partial charge in [0.1, 0.15) is 5.75 Å². The normalized spacial score (nSPS) is 10.2. The molecule has 0 aliphatic rings. The fourth-order valence-electron chi connectivity index (χ4n) is 1.69. The van der Waals surface area contributed by atoms with Gasteiger partial charge in [-0.3, -0.25) is 4.57 Å². The Labute approximate surface area is 108 Å². The Balaban J connectivity index is 2.59. The van der Waals surface area contributed by atoms with Gasteiger partial charge in [0.05, 0.1) is 12.8 Å². The summed E-state index contributed by atoms with van der Waals surface area (Å²) in [6, 6.07) is 8.34. The number of aromatic nitrogens is 2. The van der Waals surface area contributed by atoms with Crippen LogP contribution in [0, 0.1) is 0 Å². The van der Waals surface area contributed by atoms with E-state index in [4.69, 9.17) is 9.84 Å². The minimum Gasteiger partial charge on any atom is -0.497 e. The van der Waals surface area contributed by atoms with E-state index >= 15 is 0 Å². The van der Waals surface area contributed by atoms with Crippen LogP contribution in [0.3, 0.4) is 0 Å². The minimum absolute atomic E-state index is 0.270. The van der Waals surface area contributed by atoms with Crippen LogP contribution in [-0.2, 0) is 7.05 Å². The predicted molar refractivity (Wildman–Crippen MR) is 68.4 cm³/mol. The molecule has 6 nitrogen and oxygen atoms in total. The van der Waals surface area contributed by atoms with Crippen LogP contribution in [-0.4, -0.2) is 27.7 Å². The van der Waals surface area contributed by atoms with E-state index in [0.29, 0.717) is 17.0 Å². The summed E-state index contributed by atoms with van der Waals surface area (Å²) in [5, 5.41) is 8.92. The minimum atomic E-state index is -1.23. The number of carboxylic acid groups (broad SMARTS) is 1. The summed E-state index contributed by atoms with van der Waals surface area (Å²) < 4.78 is 6.35. The van der Waals surface area contributed by atoms with Crippen LogP contribution in [0.25, 0.3) is 11.3 Å². The number of benzene rings is 1. The van der Waals surface area contributed by atoms with Crippen molar-refractivity contribution in [3.63, 3.8) is 0 Å². The molecule has 1 heterocycles. The Bertz CT molecular complexity index is 674. The Morgan fingerprint density at radius 1 is 1.32 bits per heavy atom. The number of hydrogen-bond acceptors (Lipinski definition) is 4. The second kappa shape index (κ2) is 4.93. The van der Waals surface area contributed by atoms with Gasteiger partial charge in [-0.2, -0.15) is 4.98 Å². The Morgan fingerprint density at radius 2 is 1.95 bits per heavy atom. The van der Waals surface area contributed by atoms with E-state index in [-0.39, 0.29) is 5.69 Å². The molecule has 0 aliphatic carbocycles. The van der Waals surface area contributed by atoms with Crippen molar-refractivity contribution >= 4 is 5.97 Å². The predicted octanol–water partition coefficient (Wildman–Crippen LogP) is 1.15. The highest BCUT2D eigenvalue weighted by molar-refractivity contribution is 5.86. The molecule has 0 bridgehead atoms. The van der Waals surface area contributed by atoms with Gasteiger partial charge >= 0.3 is 11.7 Å². The van der Waals surface area contributed by atoms with Crippen LogP contribution < -0.4 is 10.4 Å². The highest BCUT2D eigenvalue weighted by atomic mass is 16.5. The molecule has 1 aromatic heterocycles. The zero-order chi connectivity index (χ0) is 14.0. The van der Waals surface area contributed by atoms with E-state index in [9.17, 15) is 9.59 Å². The van der Waals surface area contributed by atoms with Crippen LogP contribution in [0.15, 0.2) is 35.1 Å². The van der Waals surface area contributed by atoms with Crippen LogP contribution in [0.5, 0.6) is 5.75 Å². The first-order valence-corrected chi connectivity index (χ1v) is 5.48. The van der Waals surface area contributed by atoms with Crippen molar-refractivity contribution in [2.24, 2.45) is 7.05 Å². The third-order valence-electron chi connectivity index (χ3n) is 2.74. The average molecular weight is 260 g/mol. The smallest absolute Gasteiger partial charge is 0.354 e. The Hall–Kier alpha value is -2.63. The maximum absolute atomic E-state index is 11.6. The first kappa shape index (κ1) is 12.8. The van der Waals surface area contributed by atoms with Crippen LogP contribution >= 0.6 is 0 Å². The van der Waals surface area contributed by atoms with Crippen molar-refractivity contribution < 1.29 is 14.6 Å². The summed E-state index contributed by atoms with van der Waals surface area (Å²) in [5.41, 5.74) is 0.324. The summed E-state index contributed by atoms with van der Waals surface area (Å²) in [4.78, 5) is 26.0. The molecule has 0 amide bonds. The van der Waals surface area contributed by atoms with Crippen molar-refractivity contribution in [2.75, 3.05) is 7.11 Å². The van der Waals surface area contributed by atoms with E-state index < -0.39 is 11.7 Å². The molecular formula is C13H12N2O4. The van der Waals surface area contributed by atoms with E-state index in [1.807, 2.05) is 0 Å². The lowest BCUT2D eigenvalue weighted by Crippen LogP contribution is -2.24. The molecule has 0 atom stereocenters. The molecule has 1 aromatic carbocycles. The number of nitrogens with zero attached hydrogens (tertiary/aromatic N) is 2. The molecule has 1 N–H and O–H groups in total. The SMILES string of the molecule is COc1ccc(-c2cc(C(=O)O)nc(=O)n2C)cc1. The summed E-state index contributed by atoms with van der Waals surface area (Å²) in [6.07, 6.45) is 0. The molecule has 0 unspecified atom stereocenters. The topological polar surface area (TPSA) is 81.4 Å². The number of methoxy groups -OCH3 is 1. The van der Waals surface area contributed by atoms with Gasteiger partial charge in [0.25, 0.3) is 0 Å². The van der Waals surface area contributed by atoms with Gasteiger partial charge in [-0.05, 0) is 35.9 Å². The van der Waals surface area contributed by atoms with E-state index in [0.717, 1.165) is 0 Å². The maximum Gasteiger partial charge on any atom is 0.354 e. The monoisotopic (exact) mass is 260 g/mol. The lowest BCUT2D eigenvalue weighted by Gasteiger charge is -2.09. The second-order valence-corrected chi connectivity index (χ2v) is 3.90. The molecule has 0 fully saturated rings. The molecular weight excluding hydrogens is 248 g/mol. The molecule has 0 spiro atoms. The first-order chi connectivity index (χ1) is 9.02. The van der Waals surface area contributed by atoms with Crippen LogP contribution in [0.2, 0.25) is 0 Å². The van der Waals surface area contributed by atoms with Gasteiger partial charge < -0.3 is 9.84 Å². The number of carbonyl (C=O) groups is 1. The lowest BCUT2D eigenvalue weighted by molar-refractivity contribution is 0.0689. The quantitative estimate of drug-likeness (QED) is 0.895. The number of hydrogen-bond donors (Lipinski definition) is 1.